The van der Waals surface area contributed by atoms with Crippen molar-refractivity contribution in [3.8, 4) is 11.5 Å². The van der Waals surface area contributed by atoms with E-state index in [1.165, 1.54) is 30.2 Å². The third kappa shape index (κ3) is 4.54. The summed E-state index contributed by atoms with van der Waals surface area (Å²) in [6.45, 7) is 5.41. The van der Waals surface area contributed by atoms with Crippen LogP contribution in [0.15, 0.2) is 60.7 Å². The normalized spacial score (nSPS) is 10.8. The lowest BCUT2D eigenvalue weighted by molar-refractivity contribution is 0.488. The zero-order chi connectivity index (χ0) is 17.5. The molecule has 3 aromatic rings. The molecule has 0 aromatic heterocycles. The number of ether oxygens (including phenoxy) is 1. The van der Waals surface area contributed by atoms with Gasteiger partial charge in [-0.1, -0.05) is 63.1 Å². The summed E-state index contributed by atoms with van der Waals surface area (Å²) in [5.41, 5.74) is 2.46. The van der Waals surface area contributed by atoms with E-state index in [1.54, 1.807) is 0 Å². The number of fused-ring (bicyclic) bond motifs is 1. The molecule has 0 bridgehead atoms. The molecule has 2 heteroatoms. The van der Waals surface area contributed by atoms with Crippen molar-refractivity contribution in [2.75, 3.05) is 11.9 Å². The quantitative estimate of drug-likeness (QED) is 0.458. The first-order chi connectivity index (χ1) is 12.3. The fourth-order valence-electron chi connectivity index (χ4n) is 3.02. The third-order valence-electron chi connectivity index (χ3n) is 4.48. The molecule has 130 valence electrons. The van der Waals surface area contributed by atoms with Gasteiger partial charge in [-0.25, -0.2) is 0 Å². The summed E-state index contributed by atoms with van der Waals surface area (Å²) < 4.78 is 6.19. The second-order valence-corrected chi connectivity index (χ2v) is 6.43. The Morgan fingerprint density at radius 1 is 0.880 bits per heavy atom. The summed E-state index contributed by atoms with van der Waals surface area (Å²) >= 11 is 0. The lowest BCUT2D eigenvalue weighted by Crippen LogP contribution is -2.01. The first kappa shape index (κ1) is 17.3. The maximum Gasteiger partial charge on any atom is 0.135 e. The molecule has 0 atom stereocenters. The molecule has 1 N–H and O–H groups in total. The van der Waals surface area contributed by atoms with Gasteiger partial charge < -0.3 is 10.1 Å². The minimum atomic E-state index is 0.868. The van der Waals surface area contributed by atoms with E-state index in [2.05, 4.69) is 61.6 Å². The standard InChI is InChI=1S/C23H27NO/c1-3-5-6-15-24-20-10-8-11-21(17-20)25-23-12-7-9-19-16-18(4-2)13-14-22(19)23/h7-14,16-17,24H,3-6,15H2,1-2H3. The second kappa shape index (κ2) is 8.57. The second-order valence-electron chi connectivity index (χ2n) is 6.43. The van der Waals surface area contributed by atoms with E-state index in [9.17, 15) is 0 Å². The number of hydrogen-bond acceptors (Lipinski definition) is 2. The van der Waals surface area contributed by atoms with Crippen LogP contribution in [-0.2, 0) is 6.42 Å². The molecule has 2 nitrogen and oxygen atoms in total. The Morgan fingerprint density at radius 3 is 2.60 bits per heavy atom. The first-order valence-electron chi connectivity index (χ1n) is 9.33. The SMILES string of the molecule is CCCCCNc1cccc(Oc2cccc3cc(CC)ccc23)c1. The molecular weight excluding hydrogens is 306 g/mol. The fraction of sp³-hybridized carbons (Fsp3) is 0.304. The lowest BCUT2D eigenvalue weighted by Gasteiger charge is -2.12. The van der Waals surface area contributed by atoms with Crippen LogP contribution in [0.5, 0.6) is 11.5 Å². The average molecular weight is 333 g/mol. The van der Waals surface area contributed by atoms with E-state index in [0.717, 1.165) is 35.5 Å². The van der Waals surface area contributed by atoms with Gasteiger partial charge >= 0.3 is 0 Å². The van der Waals surface area contributed by atoms with Crippen molar-refractivity contribution in [3.05, 3.63) is 66.2 Å². The Hall–Kier alpha value is -2.48. The van der Waals surface area contributed by atoms with E-state index in [-0.39, 0.29) is 0 Å². The summed E-state index contributed by atoms with van der Waals surface area (Å²) in [5.74, 6) is 1.77. The van der Waals surface area contributed by atoms with E-state index in [1.807, 2.05) is 18.2 Å². The van der Waals surface area contributed by atoms with Gasteiger partial charge in [-0.3, -0.25) is 0 Å². The molecule has 0 heterocycles. The van der Waals surface area contributed by atoms with Crippen LogP contribution < -0.4 is 10.1 Å². The molecular formula is C23H27NO. The predicted molar refractivity (Wildman–Crippen MR) is 108 cm³/mol. The highest BCUT2D eigenvalue weighted by Gasteiger charge is 2.05. The summed E-state index contributed by atoms with van der Waals surface area (Å²) in [6, 6.07) is 21.0. The Balaban J connectivity index is 1.77. The number of rotatable bonds is 8. The van der Waals surface area contributed by atoms with E-state index < -0.39 is 0 Å². The molecule has 0 aliphatic heterocycles. The third-order valence-corrected chi connectivity index (χ3v) is 4.48. The summed E-state index contributed by atoms with van der Waals surface area (Å²) in [4.78, 5) is 0. The average Bonchev–Trinajstić information content (AvgIpc) is 2.65. The topological polar surface area (TPSA) is 21.3 Å². The Labute approximate surface area is 150 Å². The zero-order valence-electron chi connectivity index (χ0n) is 15.2. The highest BCUT2D eigenvalue weighted by Crippen LogP contribution is 2.31. The molecule has 0 aliphatic carbocycles. The van der Waals surface area contributed by atoms with Crippen LogP contribution in [0.3, 0.4) is 0 Å². The van der Waals surface area contributed by atoms with Crippen LogP contribution in [0.25, 0.3) is 10.8 Å². The van der Waals surface area contributed by atoms with Gasteiger partial charge in [-0.15, -0.1) is 0 Å². The maximum atomic E-state index is 6.19. The molecule has 0 radical (unpaired) electrons. The van der Waals surface area contributed by atoms with Gasteiger partial charge in [0, 0.05) is 23.7 Å². The number of aryl methyl sites for hydroxylation is 1. The number of anilines is 1. The highest BCUT2D eigenvalue weighted by molar-refractivity contribution is 5.89. The van der Waals surface area contributed by atoms with Crippen molar-refractivity contribution < 1.29 is 4.74 Å². The Morgan fingerprint density at radius 2 is 1.76 bits per heavy atom. The Bertz CT molecular complexity index is 825. The minimum absolute atomic E-state index is 0.868. The van der Waals surface area contributed by atoms with Gasteiger partial charge in [0.25, 0.3) is 0 Å². The summed E-state index contributed by atoms with van der Waals surface area (Å²) in [6.07, 6.45) is 4.75. The van der Waals surface area contributed by atoms with Crippen molar-refractivity contribution in [1.82, 2.24) is 0 Å². The van der Waals surface area contributed by atoms with Gasteiger partial charge in [0.2, 0.25) is 0 Å². The van der Waals surface area contributed by atoms with Crippen molar-refractivity contribution in [2.45, 2.75) is 39.5 Å². The molecule has 0 fully saturated rings. The number of hydrogen-bond donors (Lipinski definition) is 1. The molecule has 3 rings (SSSR count). The van der Waals surface area contributed by atoms with Gasteiger partial charge in [-0.2, -0.15) is 0 Å². The highest BCUT2D eigenvalue weighted by atomic mass is 16.5. The van der Waals surface area contributed by atoms with Crippen molar-refractivity contribution >= 4 is 16.5 Å². The zero-order valence-corrected chi connectivity index (χ0v) is 15.2. The lowest BCUT2D eigenvalue weighted by atomic mass is 10.0. The summed E-state index contributed by atoms with van der Waals surface area (Å²) in [7, 11) is 0. The van der Waals surface area contributed by atoms with Crippen molar-refractivity contribution in [2.24, 2.45) is 0 Å². The van der Waals surface area contributed by atoms with Crippen molar-refractivity contribution in [1.29, 1.82) is 0 Å². The molecule has 0 amide bonds. The Kier molecular flexibility index (Phi) is 5.95. The molecule has 0 spiro atoms. The molecule has 0 unspecified atom stereocenters. The van der Waals surface area contributed by atoms with Crippen LogP contribution in [0.1, 0.15) is 38.7 Å². The summed E-state index contributed by atoms with van der Waals surface area (Å²) in [5, 5.41) is 5.86. The van der Waals surface area contributed by atoms with Crippen LogP contribution in [0.4, 0.5) is 5.69 Å². The van der Waals surface area contributed by atoms with E-state index in [0.29, 0.717) is 0 Å². The number of nitrogens with one attached hydrogen (secondary N) is 1. The molecule has 25 heavy (non-hydrogen) atoms. The molecule has 3 aromatic carbocycles. The van der Waals surface area contributed by atoms with Crippen molar-refractivity contribution in [3.63, 3.8) is 0 Å². The van der Waals surface area contributed by atoms with Crippen LogP contribution >= 0.6 is 0 Å². The fourth-order valence-corrected chi connectivity index (χ4v) is 3.02. The van der Waals surface area contributed by atoms with Gasteiger partial charge in [0.1, 0.15) is 11.5 Å². The van der Waals surface area contributed by atoms with Crippen LogP contribution in [0, 0.1) is 0 Å². The van der Waals surface area contributed by atoms with Crippen LogP contribution in [0.2, 0.25) is 0 Å². The minimum Gasteiger partial charge on any atom is -0.457 e. The predicted octanol–water partition coefficient (Wildman–Crippen LogP) is 6.80. The van der Waals surface area contributed by atoms with Gasteiger partial charge in [-0.05, 0) is 42.0 Å². The smallest absolute Gasteiger partial charge is 0.135 e. The van der Waals surface area contributed by atoms with E-state index >= 15 is 0 Å². The molecule has 0 saturated carbocycles. The molecule has 0 aliphatic rings. The van der Waals surface area contributed by atoms with E-state index in [4.69, 9.17) is 4.74 Å². The number of benzene rings is 3. The number of unbranched alkanes of at least 4 members (excludes halogenated alkanes) is 2. The maximum absolute atomic E-state index is 6.19. The largest absolute Gasteiger partial charge is 0.457 e. The molecule has 0 saturated heterocycles. The monoisotopic (exact) mass is 333 g/mol. The van der Waals surface area contributed by atoms with Crippen LogP contribution in [-0.4, -0.2) is 6.54 Å². The first-order valence-corrected chi connectivity index (χ1v) is 9.33. The van der Waals surface area contributed by atoms with Gasteiger partial charge in [0.05, 0.1) is 0 Å². The van der Waals surface area contributed by atoms with Gasteiger partial charge in [0.15, 0.2) is 0 Å².